The van der Waals surface area contributed by atoms with Gasteiger partial charge in [0, 0.05) is 5.56 Å². The van der Waals surface area contributed by atoms with E-state index in [0.29, 0.717) is 5.56 Å². The van der Waals surface area contributed by atoms with Crippen LogP contribution in [0.5, 0.6) is 5.75 Å². The van der Waals surface area contributed by atoms with Gasteiger partial charge < -0.3 is 4.74 Å². The second kappa shape index (κ2) is 10.8. The summed E-state index contributed by atoms with van der Waals surface area (Å²) in [6, 6.07) is 14.2. The van der Waals surface area contributed by atoms with E-state index in [0.717, 1.165) is 37.4 Å². The molecule has 0 aliphatic carbocycles. The van der Waals surface area contributed by atoms with Crippen LogP contribution in [-0.2, 0) is 6.42 Å². The Labute approximate surface area is 158 Å². The lowest BCUT2D eigenvalue weighted by atomic mass is 9.89. The molecule has 0 N–H and O–H groups in total. The van der Waals surface area contributed by atoms with Gasteiger partial charge in [0.1, 0.15) is 12.0 Å². The van der Waals surface area contributed by atoms with Crippen LogP contribution in [0.25, 0.3) is 0 Å². The average Bonchev–Trinajstić information content (AvgIpc) is 2.66. The third kappa shape index (κ3) is 6.67. The highest BCUT2D eigenvalue weighted by Gasteiger charge is 2.10. The van der Waals surface area contributed by atoms with Crippen molar-refractivity contribution in [3.05, 3.63) is 64.7 Å². The Morgan fingerprint density at radius 1 is 0.962 bits per heavy atom. The third-order valence-electron chi connectivity index (χ3n) is 5.10. The summed E-state index contributed by atoms with van der Waals surface area (Å²) in [5, 5.41) is 0. The molecule has 2 aromatic rings. The minimum Gasteiger partial charge on any atom is -0.494 e. The number of rotatable bonds is 11. The van der Waals surface area contributed by atoms with Gasteiger partial charge in [-0.3, -0.25) is 4.79 Å². The maximum absolute atomic E-state index is 10.7. The van der Waals surface area contributed by atoms with Crippen LogP contribution in [0.3, 0.4) is 0 Å². The minimum atomic E-state index is 0.686. The lowest BCUT2D eigenvalue weighted by molar-refractivity contribution is 0.112. The summed E-state index contributed by atoms with van der Waals surface area (Å²) in [6.45, 7) is 7.37. The van der Waals surface area contributed by atoms with Crippen LogP contribution in [0.1, 0.15) is 66.1 Å². The molecule has 140 valence electrons. The van der Waals surface area contributed by atoms with E-state index in [1.807, 2.05) is 12.1 Å². The van der Waals surface area contributed by atoms with Gasteiger partial charge >= 0.3 is 0 Å². The zero-order valence-corrected chi connectivity index (χ0v) is 16.5. The summed E-state index contributed by atoms with van der Waals surface area (Å²) >= 11 is 0. The van der Waals surface area contributed by atoms with E-state index in [-0.39, 0.29) is 0 Å². The van der Waals surface area contributed by atoms with Crippen LogP contribution in [0.2, 0.25) is 0 Å². The fourth-order valence-corrected chi connectivity index (χ4v) is 3.31. The number of benzene rings is 2. The molecule has 2 heteroatoms. The molecule has 1 atom stereocenters. The predicted molar refractivity (Wildman–Crippen MR) is 109 cm³/mol. The molecule has 0 aromatic heterocycles. The molecular formula is C24H32O2. The first-order valence-corrected chi connectivity index (χ1v) is 9.86. The van der Waals surface area contributed by atoms with Gasteiger partial charge in [-0.2, -0.15) is 0 Å². The maximum Gasteiger partial charge on any atom is 0.150 e. The Morgan fingerprint density at radius 3 is 2.35 bits per heavy atom. The van der Waals surface area contributed by atoms with Crippen molar-refractivity contribution in [2.45, 2.75) is 59.3 Å². The molecule has 0 aliphatic rings. The van der Waals surface area contributed by atoms with E-state index in [9.17, 15) is 4.79 Å². The summed E-state index contributed by atoms with van der Waals surface area (Å²) in [5.41, 5.74) is 4.90. The Bertz CT molecular complexity index is 673. The Hall–Kier alpha value is -2.09. The second-order valence-corrected chi connectivity index (χ2v) is 7.31. The summed E-state index contributed by atoms with van der Waals surface area (Å²) in [5.74, 6) is 1.56. The van der Waals surface area contributed by atoms with Crippen LogP contribution in [0.4, 0.5) is 0 Å². The summed E-state index contributed by atoms with van der Waals surface area (Å²) in [4.78, 5) is 10.7. The number of carbonyl (C=O) groups excluding carboxylic acids is 1. The van der Waals surface area contributed by atoms with E-state index in [4.69, 9.17) is 4.74 Å². The van der Waals surface area contributed by atoms with Crippen molar-refractivity contribution in [2.24, 2.45) is 5.92 Å². The van der Waals surface area contributed by atoms with Gasteiger partial charge in [-0.15, -0.1) is 0 Å². The lowest BCUT2D eigenvalue weighted by Crippen LogP contribution is -2.08. The minimum absolute atomic E-state index is 0.686. The zero-order valence-electron chi connectivity index (χ0n) is 16.5. The molecule has 0 saturated heterocycles. The molecule has 0 saturated carbocycles. The molecule has 0 radical (unpaired) electrons. The molecule has 2 rings (SSSR count). The molecule has 0 bridgehead atoms. The molecule has 0 fully saturated rings. The Balaban J connectivity index is 1.82. The van der Waals surface area contributed by atoms with Crippen LogP contribution in [0, 0.1) is 19.8 Å². The molecule has 0 amide bonds. The van der Waals surface area contributed by atoms with Gasteiger partial charge in [0.15, 0.2) is 0 Å². The SMILES string of the molecule is CCCC[C@H](CCCOc1ccc(C=O)cc1)Cc1ccc(C)c(C)c1. The van der Waals surface area contributed by atoms with E-state index >= 15 is 0 Å². The van der Waals surface area contributed by atoms with E-state index < -0.39 is 0 Å². The van der Waals surface area contributed by atoms with E-state index in [1.165, 1.54) is 42.4 Å². The smallest absolute Gasteiger partial charge is 0.150 e. The van der Waals surface area contributed by atoms with Crippen molar-refractivity contribution in [1.82, 2.24) is 0 Å². The number of ether oxygens (including phenoxy) is 1. The zero-order chi connectivity index (χ0) is 18.8. The first-order valence-electron chi connectivity index (χ1n) is 9.86. The quantitative estimate of drug-likeness (QED) is 0.349. The summed E-state index contributed by atoms with van der Waals surface area (Å²) in [7, 11) is 0. The number of hydrogen-bond acceptors (Lipinski definition) is 2. The Morgan fingerprint density at radius 2 is 1.69 bits per heavy atom. The van der Waals surface area contributed by atoms with Crippen molar-refractivity contribution in [3.8, 4) is 5.75 Å². The van der Waals surface area contributed by atoms with Crippen LogP contribution in [-0.4, -0.2) is 12.9 Å². The van der Waals surface area contributed by atoms with Gasteiger partial charge in [-0.25, -0.2) is 0 Å². The van der Waals surface area contributed by atoms with Crippen molar-refractivity contribution >= 4 is 6.29 Å². The van der Waals surface area contributed by atoms with E-state index in [2.05, 4.69) is 39.0 Å². The standard InChI is InChI=1S/C24H32O2/c1-4-5-7-21(17-23-10-9-19(2)20(3)16-23)8-6-15-26-24-13-11-22(18-25)12-14-24/h9-14,16,18,21H,4-8,15,17H2,1-3H3/t21-/m1/s1. The van der Waals surface area contributed by atoms with Crippen molar-refractivity contribution in [2.75, 3.05) is 6.61 Å². The van der Waals surface area contributed by atoms with Gasteiger partial charge in [0.05, 0.1) is 6.61 Å². The number of unbranched alkanes of at least 4 members (excludes halogenated alkanes) is 1. The molecule has 26 heavy (non-hydrogen) atoms. The third-order valence-corrected chi connectivity index (χ3v) is 5.10. The topological polar surface area (TPSA) is 26.3 Å². The second-order valence-electron chi connectivity index (χ2n) is 7.31. The fourth-order valence-electron chi connectivity index (χ4n) is 3.31. The monoisotopic (exact) mass is 352 g/mol. The molecule has 0 unspecified atom stereocenters. The Kier molecular flexibility index (Phi) is 8.40. The van der Waals surface area contributed by atoms with E-state index in [1.54, 1.807) is 12.1 Å². The van der Waals surface area contributed by atoms with Crippen LogP contribution >= 0.6 is 0 Å². The summed E-state index contributed by atoms with van der Waals surface area (Å²) in [6.07, 6.45) is 8.11. The van der Waals surface area contributed by atoms with Crippen molar-refractivity contribution in [3.63, 3.8) is 0 Å². The van der Waals surface area contributed by atoms with Gasteiger partial charge in [0.2, 0.25) is 0 Å². The number of hydrogen-bond donors (Lipinski definition) is 0. The van der Waals surface area contributed by atoms with Crippen LogP contribution < -0.4 is 4.74 Å². The molecule has 2 nitrogen and oxygen atoms in total. The largest absolute Gasteiger partial charge is 0.494 e. The van der Waals surface area contributed by atoms with Crippen molar-refractivity contribution < 1.29 is 9.53 Å². The van der Waals surface area contributed by atoms with Gasteiger partial charge in [0.25, 0.3) is 0 Å². The van der Waals surface area contributed by atoms with Gasteiger partial charge in [-0.05, 0) is 80.0 Å². The fraction of sp³-hybridized carbons (Fsp3) is 0.458. The number of aryl methyl sites for hydroxylation is 2. The highest BCUT2D eigenvalue weighted by molar-refractivity contribution is 5.74. The number of aldehydes is 1. The van der Waals surface area contributed by atoms with Gasteiger partial charge in [-0.1, -0.05) is 44.4 Å². The molecule has 0 heterocycles. The molecular weight excluding hydrogens is 320 g/mol. The normalized spacial score (nSPS) is 12.0. The number of carbonyl (C=O) groups is 1. The molecule has 0 aliphatic heterocycles. The lowest BCUT2D eigenvalue weighted by Gasteiger charge is -2.18. The predicted octanol–water partition coefficient (Wildman–Crippen LogP) is 6.32. The molecule has 2 aromatic carbocycles. The van der Waals surface area contributed by atoms with Crippen molar-refractivity contribution in [1.29, 1.82) is 0 Å². The first kappa shape index (κ1) is 20.2. The average molecular weight is 353 g/mol. The van der Waals surface area contributed by atoms with Crippen LogP contribution in [0.15, 0.2) is 42.5 Å². The maximum atomic E-state index is 10.7. The first-order chi connectivity index (χ1) is 12.6. The highest BCUT2D eigenvalue weighted by Crippen LogP contribution is 2.22. The molecule has 0 spiro atoms. The summed E-state index contributed by atoms with van der Waals surface area (Å²) < 4.78 is 5.83. The highest BCUT2D eigenvalue weighted by atomic mass is 16.5.